The number of methoxy groups -OCH3 is 1. The fourth-order valence-electron chi connectivity index (χ4n) is 8.48. The predicted molar refractivity (Wildman–Crippen MR) is 278 cm³/mol. The maximum atomic E-state index is 14.7. The number of fused-ring (bicyclic) bond motifs is 1. The van der Waals surface area contributed by atoms with Gasteiger partial charge in [0.15, 0.2) is 16.9 Å². The molecule has 2 unspecified atom stereocenters. The van der Waals surface area contributed by atoms with E-state index in [0.29, 0.717) is 27.8 Å². The van der Waals surface area contributed by atoms with E-state index in [4.69, 9.17) is 35.6 Å². The summed E-state index contributed by atoms with van der Waals surface area (Å²) >= 11 is 8.91. The molecule has 2 N–H and O–H groups in total. The Hall–Kier alpha value is -7.72. The topological polar surface area (TPSA) is 158 Å². The second-order valence-electron chi connectivity index (χ2n) is 16.7. The van der Waals surface area contributed by atoms with Gasteiger partial charge in [0.25, 0.3) is 11.8 Å². The summed E-state index contributed by atoms with van der Waals surface area (Å²) < 4.78 is 17.0. The van der Waals surface area contributed by atoms with Gasteiger partial charge in [-0.25, -0.2) is 14.6 Å². The number of carbonyl (C=O) groups is 4. The summed E-state index contributed by atoms with van der Waals surface area (Å²) in [6, 6.07) is 54.5. The average molecular weight is 1020 g/mol. The normalized spacial score (nSPS) is 16.0. The quantitative estimate of drug-likeness (QED) is 0.0199. The number of aromatic nitrogens is 1. The van der Waals surface area contributed by atoms with Gasteiger partial charge in [0.2, 0.25) is 6.10 Å². The third-order valence-corrected chi connectivity index (χ3v) is 14.6. The summed E-state index contributed by atoms with van der Waals surface area (Å²) in [5, 5.41) is 12.3. The molecule has 1 fully saturated rings. The number of thioether (sulfide) groups is 1. The molecule has 6 aromatic carbocycles. The molecule has 0 bridgehead atoms. The van der Waals surface area contributed by atoms with Gasteiger partial charge in [-0.3, -0.25) is 14.5 Å². The number of esters is 2. The number of thiazole rings is 1. The molecular formula is C56H48ClN5O8S2. The molecule has 16 heteroatoms. The Morgan fingerprint density at radius 3 is 1.86 bits per heavy atom. The van der Waals surface area contributed by atoms with E-state index in [2.05, 4.69) is 15.8 Å². The smallest absolute Gasteiger partial charge is 0.355 e. The van der Waals surface area contributed by atoms with E-state index < -0.39 is 52.9 Å². The first-order chi connectivity index (χ1) is 35.2. The zero-order valence-electron chi connectivity index (χ0n) is 39.1. The summed E-state index contributed by atoms with van der Waals surface area (Å²) in [6.45, 7) is 1.42. The molecule has 72 heavy (non-hydrogen) atoms. The first kappa shape index (κ1) is 49.3. The molecule has 2 amide bonds. The molecule has 2 aliphatic rings. The van der Waals surface area contributed by atoms with Gasteiger partial charge in [-0.2, -0.15) is 0 Å². The number of halogens is 1. The van der Waals surface area contributed by atoms with Gasteiger partial charge in [0, 0.05) is 17.0 Å². The van der Waals surface area contributed by atoms with Crippen LogP contribution >= 0.6 is 34.7 Å². The number of hydrogen-bond acceptors (Lipinski definition) is 13. The molecule has 7 aromatic rings. The number of nitrogens with one attached hydrogen (secondary N) is 2. The first-order valence-corrected chi connectivity index (χ1v) is 25.4. The number of nitrogens with zero attached hydrogens (tertiary/aromatic N) is 3. The van der Waals surface area contributed by atoms with Crippen molar-refractivity contribution >= 4 is 69.3 Å². The van der Waals surface area contributed by atoms with Gasteiger partial charge in [-0.1, -0.05) is 169 Å². The van der Waals surface area contributed by atoms with E-state index in [0.717, 1.165) is 27.8 Å². The van der Waals surface area contributed by atoms with Crippen LogP contribution in [-0.2, 0) is 45.6 Å². The summed E-state index contributed by atoms with van der Waals surface area (Å²) in [5.41, 5.74) is 4.39. The van der Waals surface area contributed by atoms with Crippen LogP contribution in [0.1, 0.15) is 52.1 Å². The summed E-state index contributed by atoms with van der Waals surface area (Å²) in [4.78, 5) is 68.5. The molecule has 0 spiro atoms. The minimum absolute atomic E-state index is 0.0139. The highest BCUT2D eigenvalue weighted by molar-refractivity contribution is 8.00. The molecule has 1 saturated heterocycles. The van der Waals surface area contributed by atoms with Crippen LogP contribution in [0.5, 0.6) is 5.75 Å². The number of β-lactam (4-membered cyclic amide) rings is 1. The number of amides is 2. The van der Waals surface area contributed by atoms with Crippen molar-refractivity contribution in [1.82, 2.24) is 15.2 Å². The molecule has 13 nitrogen and oxygen atoms in total. The molecule has 0 radical (unpaired) electrons. The molecule has 1 aromatic heterocycles. The summed E-state index contributed by atoms with van der Waals surface area (Å²) in [6.07, 6.45) is -2.07. The second-order valence-corrected chi connectivity index (χ2v) is 18.9. The van der Waals surface area contributed by atoms with Crippen LogP contribution < -0.4 is 15.4 Å². The maximum absolute atomic E-state index is 14.7. The average Bonchev–Trinajstić information content (AvgIpc) is 3.90. The highest BCUT2D eigenvalue weighted by atomic mass is 35.5. The molecular weight excluding hydrogens is 970 g/mol. The van der Waals surface area contributed by atoms with Crippen LogP contribution in [0.4, 0.5) is 5.13 Å². The number of benzene rings is 6. The molecule has 3 atom stereocenters. The Morgan fingerprint density at radius 1 is 0.792 bits per heavy atom. The van der Waals surface area contributed by atoms with Crippen molar-refractivity contribution in [2.24, 2.45) is 5.16 Å². The van der Waals surface area contributed by atoms with Crippen molar-refractivity contribution in [2.75, 3.05) is 24.1 Å². The van der Waals surface area contributed by atoms with Gasteiger partial charge < -0.3 is 29.7 Å². The van der Waals surface area contributed by atoms with E-state index in [-0.39, 0.29) is 29.6 Å². The molecule has 364 valence electrons. The first-order valence-electron chi connectivity index (χ1n) is 23.0. The van der Waals surface area contributed by atoms with Crippen molar-refractivity contribution in [2.45, 2.75) is 42.7 Å². The standard InChI is InChI=1S/C56H48ClN5O8S2/c1-36(53(65)69-49(38-18-8-3-9-19-38)39-20-10-4-11-21-39)70-61-46(45-35-72-55(58-45)60-56(41-22-12-5-13-23-41,42-24-14-6-15-25-42)43-26-16-7-17-27-43)50(63)59-47-51(64)62-48(40(32-57)34-71-52(47)62)54(66)68-33-37-28-30-44(67-2)31-29-37/h3-31,35-36,47,49,52H,32-34H2,1-2H3,(H,58,60)(H,59,63)/b61-46+/t36?,47?,52-/m1/s1. The van der Waals surface area contributed by atoms with E-state index in [1.165, 1.54) is 34.9 Å². The minimum atomic E-state index is -1.30. The van der Waals surface area contributed by atoms with Crippen molar-refractivity contribution in [3.05, 3.63) is 232 Å². The number of anilines is 1. The van der Waals surface area contributed by atoms with E-state index in [9.17, 15) is 19.2 Å². The number of ether oxygens (including phenoxy) is 3. The lowest BCUT2D eigenvalue weighted by Gasteiger charge is -2.49. The summed E-state index contributed by atoms with van der Waals surface area (Å²) in [5.74, 6) is -1.88. The van der Waals surface area contributed by atoms with Crippen molar-refractivity contribution < 1.29 is 38.2 Å². The van der Waals surface area contributed by atoms with Gasteiger partial charge >= 0.3 is 11.9 Å². The largest absolute Gasteiger partial charge is 0.497 e. The molecule has 3 heterocycles. The van der Waals surface area contributed by atoms with Gasteiger partial charge in [-0.05, 0) is 58.0 Å². The molecule has 9 rings (SSSR count). The Kier molecular flexibility index (Phi) is 15.4. The lowest BCUT2D eigenvalue weighted by atomic mass is 9.77. The molecule has 2 aliphatic heterocycles. The Morgan fingerprint density at radius 2 is 1.33 bits per heavy atom. The van der Waals surface area contributed by atoms with E-state index in [1.807, 2.05) is 152 Å². The van der Waals surface area contributed by atoms with Crippen LogP contribution in [0.15, 0.2) is 198 Å². The fourth-order valence-corrected chi connectivity index (χ4v) is 10.9. The number of hydrogen-bond donors (Lipinski definition) is 2. The Labute approximate surface area is 429 Å². The van der Waals surface area contributed by atoms with Gasteiger partial charge in [0.1, 0.15) is 40.7 Å². The van der Waals surface area contributed by atoms with E-state index >= 15 is 0 Å². The predicted octanol–water partition coefficient (Wildman–Crippen LogP) is 9.63. The Balaban J connectivity index is 1.01. The zero-order valence-corrected chi connectivity index (χ0v) is 41.4. The lowest BCUT2D eigenvalue weighted by Crippen LogP contribution is -2.71. The number of alkyl halides is 1. The second kappa shape index (κ2) is 22.6. The zero-order chi connectivity index (χ0) is 50.0. The number of carbonyl (C=O) groups excluding carboxylic acids is 4. The van der Waals surface area contributed by atoms with Crippen LogP contribution in [0.25, 0.3) is 0 Å². The van der Waals surface area contributed by atoms with Crippen molar-refractivity contribution in [1.29, 1.82) is 0 Å². The summed E-state index contributed by atoms with van der Waals surface area (Å²) in [7, 11) is 1.56. The van der Waals surface area contributed by atoms with Gasteiger partial charge in [0.05, 0.1) is 7.11 Å². The van der Waals surface area contributed by atoms with Gasteiger partial charge in [-0.15, -0.1) is 34.7 Å². The maximum Gasteiger partial charge on any atom is 0.355 e. The van der Waals surface area contributed by atoms with Crippen molar-refractivity contribution in [3.63, 3.8) is 0 Å². The third-order valence-electron chi connectivity index (χ3n) is 12.2. The van der Waals surface area contributed by atoms with E-state index in [1.54, 1.807) is 36.8 Å². The van der Waals surface area contributed by atoms with Crippen LogP contribution in [0.2, 0.25) is 0 Å². The number of rotatable bonds is 19. The molecule has 0 saturated carbocycles. The Bertz CT molecular complexity index is 2940. The van der Waals surface area contributed by atoms with Crippen molar-refractivity contribution in [3.8, 4) is 5.75 Å². The monoisotopic (exact) mass is 1020 g/mol. The lowest BCUT2D eigenvalue weighted by molar-refractivity contribution is -0.160. The van der Waals surface area contributed by atoms with Crippen LogP contribution in [-0.4, -0.2) is 75.6 Å². The molecule has 0 aliphatic carbocycles. The third kappa shape index (κ3) is 10.5. The van der Waals surface area contributed by atoms with Crippen LogP contribution in [0.3, 0.4) is 0 Å². The van der Waals surface area contributed by atoms with Crippen LogP contribution in [0, 0.1) is 0 Å². The highest BCUT2D eigenvalue weighted by Gasteiger charge is 2.55. The fraction of sp³-hybridized carbons (Fsp3) is 0.179. The number of oxime groups is 1. The minimum Gasteiger partial charge on any atom is -0.497 e. The highest BCUT2D eigenvalue weighted by Crippen LogP contribution is 2.43. The SMILES string of the molecule is COc1ccc(COC(=O)C2=C(CCl)CS[C@@H]3C(NC(=O)/C(=N/OC(C)C(=O)OC(c4ccccc4)c4ccccc4)c4csc(NC(c5ccccc5)(c5ccccc5)c5ccccc5)n4)C(=O)N23)cc1.